The van der Waals surface area contributed by atoms with Crippen LogP contribution in [0, 0.1) is 0 Å². The van der Waals surface area contributed by atoms with Gasteiger partial charge in [0, 0.05) is 11.1 Å². The van der Waals surface area contributed by atoms with Crippen LogP contribution >= 0.6 is 0 Å². The Balaban J connectivity index is 1.84. The zero-order chi connectivity index (χ0) is 17.3. The zero-order valence-corrected chi connectivity index (χ0v) is 13.7. The third-order valence-electron chi connectivity index (χ3n) is 3.60. The third kappa shape index (κ3) is 4.75. The van der Waals surface area contributed by atoms with Gasteiger partial charge in [-0.1, -0.05) is 78.9 Å². The van der Waals surface area contributed by atoms with Crippen LogP contribution in [0.2, 0.25) is 0 Å². The topological polar surface area (TPSA) is 41.5 Å². The van der Waals surface area contributed by atoms with Crippen LogP contribution in [0.3, 0.4) is 0 Å². The number of carbonyl (C=O) groups is 1. The summed E-state index contributed by atoms with van der Waals surface area (Å²) >= 11 is 0. The largest absolute Gasteiger partial charge is 0.289 e. The summed E-state index contributed by atoms with van der Waals surface area (Å²) in [4.78, 5) is 12.3. The molecule has 0 heterocycles. The van der Waals surface area contributed by atoms with Crippen LogP contribution in [0.25, 0.3) is 0 Å². The Morgan fingerprint density at radius 3 is 1.80 bits per heavy atom. The number of para-hydroxylation sites is 1. The highest BCUT2D eigenvalue weighted by Crippen LogP contribution is 2.09. The molecular formula is C22H18N2O. The minimum atomic E-state index is -0.0519. The average molecular weight is 326 g/mol. The van der Waals surface area contributed by atoms with Crippen LogP contribution in [0.5, 0.6) is 0 Å². The van der Waals surface area contributed by atoms with Crippen LogP contribution in [-0.2, 0) is 0 Å². The number of ketones is 1. The smallest absolute Gasteiger partial charge is 0.185 e. The monoisotopic (exact) mass is 326 g/mol. The molecular weight excluding hydrogens is 308 g/mol. The number of benzene rings is 3. The van der Waals surface area contributed by atoms with Gasteiger partial charge in [0.1, 0.15) is 0 Å². The fourth-order valence-electron chi connectivity index (χ4n) is 2.30. The lowest BCUT2D eigenvalue weighted by atomic mass is 10.1. The van der Waals surface area contributed by atoms with Gasteiger partial charge in [0.2, 0.25) is 0 Å². The fourth-order valence-corrected chi connectivity index (χ4v) is 2.30. The van der Waals surface area contributed by atoms with Crippen molar-refractivity contribution < 1.29 is 4.79 Å². The predicted octanol–water partition coefficient (Wildman–Crippen LogP) is 4.94. The van der Waals surface area contributed by atoms with Gasteiger partial charge in [-0.15, -0.1) is 0 Å². The van der Waals surface area contributed by atoms with Crippen LogP contribution < -0.4 is 5.43 Å². The molecule has 0 aromatic heterocycles. The molecule has 0 bridgehead atoms. The summed E-state index contributed by atoms with van der Waals surface area (Å²) in [7, 11) is 0. The van der Waals surface area contributed by atoms with E-state index >= 15 is 0 Å². The van der Waals surface area contributed by atoms with Gasteiger partial charge in [0.05, 0.1) is 11.4 Å². The Bertz CT molecular complexity index is 870. The van der Waals surface area contributed by atoms with Crippen molar-refractivity contribution in [2.45, 2.75) is 0 Å². The number of nitrogens with one attached hydrogen (secondary N) is 1. The SMILES string of the molecule is O=C(/C=C\C(=N/Nc1ccccc1)c1ccccc1)c1ccccc1. The minimum Gasteiger partial charge on any atom is -0.289 e. The standard InChI is InChI=1S/C22H18N2O/c25-22(19-12-6-2-7-13-19)17-16-21(18-10-4-1-5-11-18)24-23-20-14-8-3-9-15-20/h1-17,23H/b17-16-,24-21+. The van der Waals surface area contributed by atoms with Crippen LogP contribution in [-0.4, -0.2) is 11.5 Å². The quantitative estimate of drug-likeness (QED) is 0.302. The second-order valence-corrected chi connectivity index (χ2v) is 5.40. The highest BCUT2D eigenvalue weighted by Gasteiger charge is 2.03. The first-order valence-corrected chi connectivity index (χ1v) is 8.04. The van der Waals surface area contributed by atoms with Gasteiger partial charge in [0.25, 0.3) is 0 Å². The van der Waals surface area contributed by atoms with E-state index in [4.69, 9.17) is 0 Å². The minimum absolute atomic E-state index is 0.0519. The second kappa shape index (κ2) is 8.41. The van der Waals surface area contributed by atoms with Gasteiger partial charge < -0.3 is 0 Å². The van der Waals surface area contributed by atoms with Gasteiger partial charge in [-0.3, -0.25) is 10.2 Å². The van der Waals surface area contributed by atoms with Gasteiger partial charge in [0.15, 0.2) is 5.78 Å². The molecule has 0 aliphatic carbocycles. The van der Waals surface area contributed by atoms with Crippen molar-refractivity contribution in [3.63, 3.8) is 0 Å². The Morgan fingerprint density at radius 1 is 0.680 bits per heavy atom. The van der Waals surface area contributed by atoms with E-state index in [0.29, 0.717) is 11.3 Å². The first-order chi connectivity index (χ1) is 12.3. The summed E-state index contributed by atoms with van der Waals surface area (Å²) in [5.41, 5.74) is 6.20. The number of rotatable bonds is 6. The molecule has 0 aliphatic rings. The normalized spacial score (nSPS) is 11.4. The molecule has 0 spiro atoms. The van der Waals surface area contributed by atoms with Crippen molar-refractivity contribution in [1.82, 2.24) is 0 Å². The highest BCUT2D eigenvalue weighted by molar-refractivity contribution is 6.14. The summed E-state index contributed by atoms with van der Waals surface area (Å²) in [5, 5.41) is 4.46. The number of allylic oxidation sites excluding steroid dienone is 2. The molecule has 25 heavy (non-hydrogen) atoms. The van der Waals surface area contributed by atoms with Gasteiger partial charge in [-0.05, 0) is 24.3 Å². The molecule has 1 N–H and O–H groups in total. The fraction of sp³-hybridized carbons (Fsp3) is 0. The summed E-state index contributed by atoms with van der Waals surface area (Å²) < 4.78 is 0. The lowest BCUT2D eigenvalue weighted by Gasteiger charge is -2.04. The number of anilines is 1. The zero-order valence-electron chi connectivity index (χ0n) is 13.7. The maximum atomic E-state index is 12.3. The Morgan fingerprint density at radius 2 is 1.20 bits per heavy atom. The first kappa shape index (κ1) is 16.4. The Hall–Kier alpha value is -3.46. The maximum absolute atomic E-state index is 12.3. The van der Waals surface area contributed by atoms with Crippen LogP contribution in [0.1, 0.15) is 15.9 Å². The molecule has 0 unspecified atom stereocenters. The number of hydrogen-bond donors (Lipinski definition) is 1. The van der Waals surface area contributed by atoms with E-state index in [1.807, 2.05) is 78.9 Å². The van der Waals surface area contributed by atoms with Gasteiger partial charge >= 0.3 is 0 Å². The van der Waals surface area contributed by atoms with Crippen LogP contribution in [0.15, 0.2) is 108 Å². The van der Waals surface area contributed by atoms with E-state index < -0.39 is 0 Å². The van der Waals surface area contributed by atoms with Crippen molar-refractivity contribution in [1.29, 1.82) is 0 Å². The molecule has 0 fully saturated rings. The Labute approximate surface area is 147 Å². The average Bonchev–Trinajstić information content (AvgIpc) is 2.70. The second-order valence-electron chi connectivity index (χ2n) is 5.40. The van der Waals surface area contributed by atoms with Crippen molar-refractivity contribution >= 4 is 17.2 Å². The van der Waals surface area contributed by atoms with Crippen LogP contribution in [0.4, 0.5) is 5.69 Å². The highest BCUT2D eigenvalue weighted by atomic mass is 16.1. The molecule has 0 aliphatic heterocycles. The summed E-state index contributed by atoms with van der Waals surface area (Å²) in [5.74, 6) is -0.0519. The summed E-state index contributed by atoms with van der Waals surface area (Å²) in [6, 6.07) is 28.7. The molecule has 3 nitrogen and oxygen atoms in total. The van der Waals surface area contributed by atoms with Gasteiger partial charge in [-0.2, -0.15) is 5.10 Å². The lowest BCUT2D eigenvalue weighted by molar-refractivity contribution is 0.104. The molecule has 0 atom stereocenters. The van der Waals surface area contributed by atoms with Crippen molar-refractivity contribution in [2.75, 3.05) is 5.43 Å². The van der Waals surface area contributed by atoms with Crippen molar-refractivity contribution in [3.05, 3.63) is 114 Å². The molecule has 0 amide bonds. The predicted molar refractivity (Wildman–Crippen MR) is 103 cm³/mol. The number of carbonyl (C=O) groups excluding carboxylic acids is 1. The first-order valence-electron chi connectivity index (χ1n) is 8.04. The number of hydrazone groups is 1. The molecule has 0 saturated carbocycles. The van der Waals surface area contributed by atoms with E-state index in [2.05, 4.69) is 10.5 Å². The summed E-state index contributed by atoms with van der Waals surface area (Å²) in [6.07, 6.45) is 3.29. The third-order valence-corrected chi connectivity index (χ3v) is 3.60. The molecule has 3 rings (SSSR count). The van der Waals surface area contributed by atoms with E-state index in [9.17, 15) is 4.79 Å². The molecule has 0 saturated heterocycles. The summed E-state index contributed by atoms with van der Waals surface area (Å²) in [6.45, 7) is 0. The maximum Gasteiger partial charge on any atom is 0.185 e. The molecule has 3 aromatic rings. The van der Waals surface area contributed by atoms with E-state index in [1.54, 1.807) is 24.3 Å². The number of nitrogens with zero attached hydrogens (tertiary/aromatic N) is 1. The molecule has 0 radical (unpaired) electrons. The Kier molecular flexibility index (Phi) is 5.52. The van der Waals surface area contributed by atoms with Gasteiger partial charge in [-0.25, -0.2) is 0 Å². The molecule has 3 aromatic carbocycles. The van der Waals surface area contributed by atoms with Crippen molar-refractivity contribution in [3.8, 4) is 0 Å². The van der Waals surface area contributed by atoms with E-state index in [0.717, 1.165) is 11.3 Å². The lowest BCUT2D eigenvalue weighted by Crippen LogP contribution is -2.03. The molecule has 3 heteroatoms. The van der Waals surface area contributed by atoms with E-state index in [1.165, 1.54) is 0 Å². The number of hydrogen-bond acceptors (Lipinski definition) is 3. The molecule has 122 valence electrons. The van der Waals surface area contributed by atoms with Crippen molar-refractivity contribution in [2.24, 2.45) is 5.10 Å². The van der Waals surface area contributed by atoms with E-state index in [-0.39, 0.29) is 5.78 Å².